The van der Waals surface area contributed by atoms with Crippen molar-refractivity contribution in [2.24, 2.45) is 0 Å². The number of amides is 1. The largest absolute Gasteiger partial charge is 0.480 e. The number of benzene rings is 1. The van der Waals surface area contributed by atoms with Crippen molar-refractivity contribution < 1.29 is 24.2 Å². The Hall–Kier alpha value is -2.08. The molecule has 2 N–H and O–H groups in total. The van der Waals surface area contributed by atoms with E-state index in [4.69, 9.17) is 14.6 Å². The van der Waals surface area contributed by atoms with E-state index >= 15 is 0 Å². The maximum Gasteiger partial charge on any atom is 0.408 e. The first-order valence-corrected chi connectivity index (χ1v) is 6.91. The molecule has 116 valence electrons. The zero-order valence-electron chi connectivity index (χ0n) is 12.1. The SMILES string of the molecule is CCOCCCC(NC(=O)OCc1ccccc1)C(=O)O. The lowest BCUT2D eigenvalue weighted by Crippen LogP contribution is -2.41. The minimum absolute atomic E-state index is 0.109. The fourth-order valence-electron chi connectivity index (χ4n) is 1.70. The zero-order chi connectivity index (χ0) is 15.5. The van der Waals surface area contributed by atoms with E-state index in [9.17, 15) is 9.59 Å². The van der Waals surface area contributed by atoms with Crippen molar-refractivity contribution >= 4 is 12.1 Å². The highest BCUT2D eigenvalue weighted by Crippen LogP contribution is 2.03. The van der Waals surface area contributed by atoms with Crippen LogP contribution in [-0.4, -0.2) is 36.4 Å². The maximum absolute atomic E-state index is 11.6. The first kappa shape index (κ1) is 17.0. The molecule has 1 aromatic carbocycles. The first-order valence-electron chi connectivity index (χ1n) is 6.91. The molecule has 0 aliphatic rings. The molecule has 21 heavy (non-hydrogen) atoms. The number of ether oxygens (including phenoxy) is 2. The Morgan fingerprint density at radius 3 is 2.62 bits per heavy atom. The molecule has 0 aliphatic heterocycles. The van der Waals surface area contributed by atoms with Gasteiger partial charge in [0.15, 0.2) is 0 Å². The van der Waals surface area contributed by atoms with Gasteiger partial charge in [0.25, 0.3) is 0 Å². The molecule has 0 aliphatic carbocycles. The predicted octanol–water partition coefficient (Wildman–Crippen LogP) is 2.18. The zero-order valence-corrected chi connectivity index (χ0v) is 12.1. The summed E-state index contributed by atoms with van der Waals surface area (Å²) in [5.74, 6) is -1.08. The second-order valence-electron chi connectivity index (χ2n) is 4.44. The average molecular weight is 295 g/mol. The Balaban J connectivity index is 2.33. The van der Waals surface area contributed by atoms with Crippen LogP contribution in [-0.2, 0) is 20.9 Å². The van der Waals surface area contributed by atoms with Gasteiger partial charge in [0, 0.05) is 13.2 Å². The van der Waals surface area contributed by atoms with E-state index in [2.05, 4.69) is 5.32 Å². The number of rotatable bonds is 9. The summed E-state index contributed by atoms with van der Waals surface area (Å²) in [6.45, 7) is 3.04. The monoisotopic (exact) mass is 295 g/mol. The number of hydrogen-bond acceptors (Lipinski definition) is 4. The van der Waals surface area contributed by atoms with Crippen molar-refractivity contribution in [3.63, 3.8) is 0 Å². The Kier molecular flexibility index (Phi) is 7.89. The Morgan fingerprint density at radius 2 is 2.00 bits per heavy atom. The summed E-state index contributed by atoms with van der Waals surface area (Å²) in [4.78, 5) is 22.7. The van der Waals surface area contributed by atoms with Gasteiger partial charge >= 0.3 is 12.1 Å². The van der Waals surface area contributed by atoms with Crippen molar-refractivity contribution in [1.82, 2.24) is 5.32 Å². The molecular formula is C15H21NO5. The van der Waals surface area contributed by atoms with E-state index in [1.54, 1.807) is 0 Å². The number of aliphatic carboxylic acids is 1. The van der Waals surface area contributed by atoms with E-state index in [-0.39, 0.29) is 6.61 Å². The molecule has 0 fully saturated rings. The van der Waals surface area contributed by atoms with Crippen LogP contribution < -0.4 is 5.32 Å². The van der Waals surface area contributed by atoms with Gasteiger partial charge in [0.1, 0.15) is 12.6 Å². The van der Waals surface area contributed by atoms with Gasteiger partial charge in [-0.15, -0.1) is 0 Å². The van der Waals surface area contributed by atoms with Crippen molar-refractivity contribution in [3.8, 4) is 0 Å². The van der Waals surface area contributed by atoms with Crippen LogP contribution in [0.5, 0.6) is 0 Å². The smallest absolute Gasteiger partial charge is 0.408 e. The quantitative estimate of drug-likeness (QED) is 0.682. The van der Waals surface area contributed by atoms with Crippen LogP contribution in [0.15, 0.2) is 30.3 Å². The lowest BCUT2D eigenvalue weighted by Gasteiger charge is -2.14. The number of alkyl carbamates (subject to hydrolysis) is 1. The highest BCUT2D eigenvalue weighted by atomic mass is 16.5. The third-order valence-corrected chi connectivity index (χ3v) is 2.79. The van der Waals surface area contributed by atoms with Crippen LogP contribution in [0.3, 0.4) is 0 Å². The molecule has 0 aromatic heterocycles. The number of nitrogens with one attached hydrogen (secondary N) is 1. The second-order valence-corrected chi connectivity index (χ2v) is 4.44. The van der Waals surface area contributed by atoms with Crippen LogP contribution in [0, 0.1) is 0 Å². The number of hydrogen-bond donors (Lipinski definition) is 2. The van der Waals surface area contributed by atoms with Crippen LogP contribution >= 0.6 is 0 Å². The van der Waals surface area contributed by atoms with E-state index in [0.717, 1.165) is 5.56 Å². The molecule has 0 saturated carbocycles. The standard InChI is InChI=1S/C15H21NO5/c1-2-20-10-6-9-13(14(17)18)16-15(19)21-11-12-7-4-3-5-8-12/h3-5,7-8,13H,2,6,9-11H2,1H3,(H,16,19)(H,17,18). The van der Waals surface area contributed by atoms with Gasteiger partial charge in [-0.1, -0.05) is 30.3 Å². The summed E-state index contributed by atoms with van der Waals surface area (Å²) < 4.78 is 10.1. The predicted molar refractivity (Wildman–Crippen MR) is 76.9 cm³/mol. The van der Waals surface area contributed by atoms with Crippen molar-refractivity contribution in [3.05, 3.63) is 35.9 Å². The number of carboxylic acids is 1. The van der Waals surface area contributed by atoms with E-state index in [1.165, 1.54) is 0 Å². The summed E-state index contributed by atoms with van der Waals surface area (Å²) >= 11 is 0. The topological polar surface area (TPSA) is 84.9 Å². The molecule has 0 radical (unpaired) electrons. The van der Waals surface area contributed by atoms with Gasteiger partial charge in [-0.05, 0) is 25.3 Å². The Bertz CT molecular complexity index is 435. The number of carboxylic acid groups (broad SMARTS) is 1. The van der Waals surface area contributed by atoms with Crippen molar-refractivity contribution in [2.75, 3.05) is 13.2 Å². The van der Waals surface area contributed by atoms with Crippen molar-refractivity contribution in [1.29, 1.82) is 0 Å². The molecule has 1 unspecified atom stereocenters. The summed E-state index contributed by atoms with van der Waals surface area (Å²) in [6.07, 6.45) is 0.127. The maximum atomic E-state index is 11.6. The molecular weight excluding hydrogens is 274 g/mol. The van der Waals surface area contributed by atoms with Crippen LogP contribution in [0.1, 0.15) is 25.3 Å². The molecule has 0 heterocycles. The van der Waals surface area contributed by atoms with E-state index < -0.39 is 18.1 Å². The second kappa shape index (κ2) is 9.77. The summed E-state index contributed by atoms with van der Waals surface area (Å²) in [6, 6.07) is 8.22. The van der Waals surface area contributed by atoms with E-state index in [0.29, 0.717) is 26.1 Å². The molecule has 1 rings (SSSR count). The minimum Gasteiger partial charge on any atom is -0.480 e. The molecule has 0 saturated heterocycles. The van der Waals surface area contributed by atoms with Gasteiger partial charge in [0.05, 0.1) is 0 Å². The van der Waals surface area contributed by atoms with Crippen LogP contribution in [0.4, 0.5) is 4.79 Å². The lowest BCUT2D eigenvalue weighted by molar-refractivity contribution is -0.139. The molecule has 0 bridgehead atoms. The number of carbonyl (C=O) groups excluding carboxylic acids is 1. The van der Waals surface area contributed by atoms with Gasteiger partial charge in [0.2, 0.25) is 0 Å². The summed E-state index contributed by atoms with van der Waals surface area (Å²) in [7, 11) is 0. The van der Waals surface area contributed by atoms with Gasteiger partial charge in [-0.2, -0.15) is 0 Å². The Morgan fingerprint density at radius 1 is 1.29 bits per heavy atom. The lowest BCUT2D eigenvalue weighted by atomic mass is 10.1. The van der Waals surface area contributed by atoms with Crippen LogP contribution in [0.25, 0.3) is 0 Å². The Labute approximate surface area is 124 Å². The summed E-state index contributed by atoms with van der Waals surface area (Å²) in [5.41, 5.74) is 0.843. The normalized spacial score (nSPS) is 11.7. The third kappa shape index (κ3) is 7.31. The summed E-state index contributed by atoms with van der Waals surface area (Å²) in [5, 5.41) is 11.4. The van der Waals surface area contributed by atoms with Gasteiger partial charge in [-0.3, -0.25) is 0 Å². The van der Waals surface area contributed by atoms with Crippen molar-refractivity contribution in [2.45, 2.75) is 32.4 Å². The van der Waals surface area contributed by atoms with Gasteiger partial charge in [-0.25, -0.2) is 9.59 Å². The molecule has 6 nitrogen and oxygen atoms in total. The molecule has 1 aromatic rings. The molecule has 0 spiro atoms. The molecule has 1 atom stereocenters. The molecule has 1 amide bonds. The first-order chi connectivity index (χ1) is 10.1. The average Bonchev–Trinajstić information content (AvgIpc) is 2.49. The van der Waals surface area contributed by atoms with E-state index in [1.807, 2.05) is 37.3 Å². The van der Waals surface area contributed by atoms with Crippen LogP contribution in [0.2, 0.25) is 0 Å². The third-order valence-electron chi connectivity index (χ3n) is 2.79. The van der Waals surface area contributed by atoms with Gasteiger partial charge < -0.3 is 19.9 Å². The highest BCUT2D eigenvalue weighted by Gasteiger charge is 2.20. The number of carbonyl (C=O) groups is 2. The highest BCUT2D eigenvalue weighted by molar-refractivity contribution is 5.79. The minimum atomic E-state index is -1.08. The fraction of sp³-hybridized carbons (Fsp3) is 0.467. The molecule has 6 heteroatoms. The fourth-order valence-corrected chi connectivity index (χ4v) is 1.70.